The van der Waals surface area contributed by atoms with E-state index in [1.807, 2.05) is 0 Å². The number of carbonyl (C=O) groups excluding carboxylic acids is 1. The fraction of sp³-hybridized carbons (Fsp3) is 0.286. The zero-order valence-corrected chi connectivity index (χ0v) is 11.1. The number of amides is 1. The Kier molecular flexibility index (Phi) is 6.48. The van der Waals surface area contributed by atoms with Gasteiger partial charge in [-0.3, -0.25) is 4.79 Å². The highest BCUT2D eigenvalue weighted by molar-refractivity contribution is 5.84. The molecule has 1 unspecified atom stereocenters. The number of carboxylic acids is 1. The summed E-state index contributed by atoms with van der Waals surface area (Å²) in [5, 5.41) is 11.2. The molecule has 1 atom stereocenters. The van der Waals surface area contributed by atoms with Gasteiger partial charge in [0, 0.05) is 0 Å². The Hall–Kier alpha value is -2.28. The summed E-state index contributed by atoms with van der Waals surface area (Å²) in [6.07, 6.45) is 1.18. The van der Waals surface area contributed by atoms with Crippen LogP contribution in [0.25, 0.3) is 0 Å². The standard InChI is InChI=1S/C14H15F2NO4/c1-2-5-21-8-12(14(19)20)17-13(18)7-9-3-4-10(15)11(16)6-9/h2-4,6,12H,1,5,7-8H2,(H,17,18)(H,19,20). The summed E-state index contributed by atoms with van der Waals surface area (Å²) < 4.78 is 30.7. The molecule has 1 aromatic rings. The van der Waals surface area contributed by atoms with E-state index in [-0.39, 0.29) is 25.2 Å². The van der Waals surface area contributed by atoms with Gasteiger partial charge in [0.25, 0.3) is 0 Å². The molecule has 0 aliphatic heterocycles. The largest absolute Gasteiger partial charge is 0.480 e. The van der Waals surface area contributed by atoms with Gasteiger partial charge < -0.3 is 15.2 Å². The van der Waals surface area contributed by atoms with E-state index < -0.39 is 29.6 Å². The minimum atomic E-state index is -1.25. The monoisotopic (exact) mass is 299 g/mol. The van der Waals surface area contributed by atoms with Crippen molar-refractivity contribution in [1.82, 2.24) is 5.32 Å². The van der Waals surface area contributed by atoms with Gasteiger partial charge >= 0.3 is 5.97 Å². The van der Waals surface area contributed by atoms with Gasteiger partial charge in [-0.05, 0) is 17.7 Å². The van der Waals surface area contributed by atoms with Crippen molar-refractivity contribution in [3.63, 3.8) is 0 Å². The van der Waals surface area contributed by atoms with Crippen molar-refractivity contribution < 1.29 is 28.2 Å². The number of nitrogens with one attached hydrogen (secondary N) is 1. The lowest BCUT2D eigenvalue weighted by atomic mass is 10.1. The molecule has 2 N–H and O–H groups in total. The van der Waals surface area contributed by atoms with E-state index in [1.54, 1.807) is 0 Å². The third kappa shape index (κ3) is 5.70. The summed E-state index contributed by atoms with van der Waals surface area (Å²) >= 11 is 0. The van der Waals surface area contributed by atoms with Gasteiger partial charge in [-0.15, -0.1) is 6.58 Å². The Bertz CT molecular complexity index is 534. The van der Waals surface area contributed by atoms with E-state index in [9.17, 15) is 18.4 Å². The van der Waals surface area contributed by atoms with Gasteiger partial charge in [0.2, 0.25) is 5.91 Å². The average Bonchev–Trinajstić information content (AvgIpc) is 2.42. The molecule has 1 rings (SSSR count). The zero-order valence-electron chi connectivity index (χ0n) is 11.1. The molecule has 0 bridgehead atoms. The van der Waals surface area contributed by atoms with Crippen LogP contribution in [0.1, 0.15) is 5.56 Å². The molecule has 0 fully saturated rings. The molecule has 0 spiro atoms. The number of benzene rings is 1. The van der Waals surface area contributed by atoms with Crippen molar-refractivity contribution in [1.29, 1.82) is 0 Å². The molecule has 1 aromatic carbocycles. The van der Waals surface area contributed by atoms with Crippen LogP contribution in [0, 0.1) is 11.6 Å². The molecule has 114 valence electrons. The van der Waals surface area contributed by atoms with Crippen LogP contribution in [0.4, 0.5) is 8.78 Å². The lowest BCUT2D eigenvalue weighted by Gasteiger charge is -2.14. The molecule has 21 heavy (non-hydrogen) atoms. The van der Waals surface area contributed by atoms with Crippen molar-refractivity contribution >= 4 is 11.9 Å². The SMILES string of the molecule is C=CCOCC(NC(=O)Cc1ccc(F)c(F)c1)C(=O)O. The molecule has 0 radical (unpaired) electrons. The van der Waals surface area contributed by atoms with E-state index >= 15 is 0 Å². The first-order chi connectivity index (χ1) is 9.93. The van der Waals surface area contributed by atoms with E-state index in [2.05, 4.69) is 11.9 Å². The number of carboxylic acid groups (broad SMARTS) is 1. The Morgan fingerprint density at radius 3 is 2.67 bits per heavy atom. The first-order valence-corrected chi connectivity index (χ1v) is 6.08. The Labute approximate surface area is 120 Å². The number of halogens is 2. The van der Waals surface area contributed by atoms with Crippen LogP contribution in [0.2, 0.25) is 0 Å². The maximum absolute atomic E-state index is 13.0. The second-order valence-electron chi connectivity index (χ2n) is 4.21. The summed E-state index contributed by atoms with van der Waals surface area (Å²) in [7, 11) is 0. The maximum Gasteiger partial charge on any atom is 0.328 e. The second-order valence-corrected chi connectivity index (χ2v) is 4.21. The summed E-state index contributed by atoms with van der Waals surface area (Å²) in [5.74, 6) is -3.96. The van der Waals surface area contributed by atoms with Crippen LogP contribution in [-0.4, -0.2) is 36.2 Å². The van der Waals surface area contributed by atoms with Crippen molar-refractivity contribution in [2.45, 2.75) is 12.5 Å². The zero-order chi connectivity index (χ0) is 15.8. The van der Waals surface area contributed by atoms with Crippen LogP contribution in [0.15, 0.2) is 30.9 Å². The molecule has 0 aliphatic carbocycles. The Morgan fingerprint density at radius 2 is 2.10 bits per heavy atom. The number of hydrogen-bond acceptors (Lipinski definition) is 3. The second kappa shape index (κ2) is 8.11. The van der Waals surface area contributed by atoms with Gasteiger partial charge in [-0.2, -0.15) is 0 Å². The van der Waals surface area contributed by atoms with Gasteiger partial charge in [0.15, 0.2) is 17.7 Å². The molecule has 0 heterocycles. The van der Waals surface area contributed by atoms with Crippen LogP contribution in [0.5, 0.6) is 0 Å². The summed E-state index contributed by atoms with van der Waals surface area (Å²) in [6.45, 7) is 3.35. The molecule has 5 nitrogen and oxygen atoms in total. The number of aliphatic carboxylic acids is 1. The lowest BCUT2D eigenvalue weighted by molar-refractivity contribution is -0.143. The number of carbonyl (C=O) groups is 2. The fourth-order valence-corrected chi connectivity index (χ4v) is 1.52. The van der Waals surface area contributed by atoms with Crippen molar-refractivity contribution in [3.8, 4) is 0 Å². The minimum absolute atomic E-state index is 0.156. The minimum Gasteiger partial charge on any atom is -0.480 e. The summed E-state index contributed by atoms with van der Waals surface area (Å²) in [5.41, 5.74) is 0.238. The van der Waals surface area contributed by atoms with Crippen LogP contribution in [0.3, 0.4) is 0 Å². The predicted octanol–water partition coefficient (Wildman–Crippen LogP) is 1.28. The Balaban J connectivity index is 2.58. The van der Waals surface area contributed by atoms with Gasteiger partial charge in [0.05, 0.1) is 19.6 Å². The van der Waals surface area contributed by atoms with Crippen LogP contribution >= 0.6 is 0 Å². The number of hydrogen-bond donors (Lipinski definition) is 2. The van der Waals surface area contributed by atoms with Crippen LogP contribution < -0.4 is 5.32 Å². The first kappa shape index (κ1) is 16.8. The van der Waals surface area contributed by atoms with E-state index in [1.165, 1.54) is 12.1 Å². The first-order valence-electron chi connectivity index (χ1n) is 6.08. The highest BCUT2D eigenvalue weighted by Crippen LogP contribution is 2.09. The van der Waals surface area contributed by atoms with Gasteiger partial charge in [0.1, 0.15) is 0 Å². The van der Waals surface area contributed by atoms with E-state index in [0.29, 0.717) is 0 Å². The Morgan fingerprint density at radius 1 is 1.38 bits per heavy atom. The third-order valence-electron chi connectivity index (χ3n) is 2.50. The highest BCUT2D eigenvalue weighted by Gasteiger charge is 2.20. The van der Waals surface area contributed by atoms with E-state index in [4.69, 9.17) is 9.84 Å². The molecule has 0 aliphatic rings. The molecular weight excluding hydrogens is 284 g/mol. The van der Waals surface area contributed by atoms with Crippen molar-refractivity contribution in [3.05, 3.63) is 48.1 Å². The van der Waals surface area contributed by atoms with Crippen LogP contribution in [-0.2, 0) is 20.7 Å². The van der Waals surface area contributed by atoms with Gasteiger partial charge in [-0.1, -0.05) is 12.1 Å². The number of ether oxygens (including phenoxy) is 1. The molecule has 0 saturated heterocycles. The average molecular weight is 299 g/mol. The summed E-state index contributed by atoms with van der Waals surface area (Å²) in [4.78, 5) is 22.6. The molecule has 1 amide bonds. The van der Waals surface area contributed by atoms with Crippen molar-refractivity contribution in [2.75, 3.05) is 13.2 Å². The maximum atomic E-state index is 13.0. The number of rotatable bonds is 8. The smallest absolute Gasteiger partial charge is 0.328 e. The highest BCUT2D eigenvalue weighted by atomic mass is 19.2. The van der Waals surface area contributed by atoms with Gasteiger partial charge in [-0.25, -0.2) is 13.6 Å². The third-order valence-corrected chi connectivity index (χ3v) is 2.50. The lowest BCUT2D eigenvalue weighted by Crippen LogP contribution is -2.44. The predicted molar refractivity (Wildman–Crippen MR) is 70.6 cm³/mol. The van der Waals surface area contributed by atoms with E-state index in [0.717, 1.165) is 12.1 Å². The molecule has 7 heteroatoms. The summed E-state index contributed by atoms with van der Waals surface area (Å²) in [6, 6.07) is 1.82. The molecule has 0 saturated carbocycles. The topological polar surface area (TPSA) is 75.6 Å². The fourth-order valence-electron chi connectivity index (χ4n) is 1.52. The molecule has 0 aromatic heterocycles. The molecular formula is C14H15F2NO4. The quantitative estimate of drug-likeness (QED) is 0.560. The van der Waals surface area contributed by atoms with Crippen molar-refractivity contribution in [2.24, 2.45) is 0 Å². The normalized spacial score (nSPS) is 11.7.